The Hall–Kier alpha value is -6.01. The quantitative estimate of drug-likeness (QED) is 0.0827. The summed E-state index contributed by atoms with van der Waals surface area (Å²) in [6, 6.07) is 20.4. The SMILES string of the molecule is C=C(C)c1ccccc1[C@@H]1CCCN1C1CC2(CCN(c3ccc(C(=O)NS(=O)(=O)c4cc5c(c([N+](=O)[O-])c4)N[C@H](CN4CCOCC4)CO5)c(Oc4cnc5[nH]ccc5c4)c3)CC2)C1. The third-order valence-corrected chi connectivity index (χ3v) is 15.4. The Balaban J connectivity index is 0.854. The molecule has 0 bridgehead atoms. The van der Waals surface area contributed by atoms with E-state index < -0.39 is 31.4 Å². The number of nitrogens with zero attached hydrogens (tertiary/aromatic N) is 5. The zero-order valence-electron chi connectivity index (χ0n) is 36.5. The fraction of sp³-hybridized carbons (Fsp3) is 0.417. The van der Waals surface area contributed by atoms with Crippen LogP contribution in [-0.4, -0.2) is 110 Å². The van der Waals surface area contributed by atoms with Gasteiger partial charge in [0, 0.05) is 80.3 Å². The van der Waals surface area contributed by atoms with Crippen LogP contribution in [0.4, 0.5) is 17.1 Å². The predicted molar refractivity (Wildman–Crippen MR) is 247 cm³/mol. The maximum atomic E-state index is 14.1. The van der Waals surface area contributed by atoms with Gasteiger partial charge in [-0.3, -0.25) is 24.7 Å². The highest BCUT2D eigenvalue weighted by molar-refractivity contribution is 7.90. The van der Waals surface area contributed by atoms with E-state index in [-0.39, 0.29) is 40.8 Å². The molecule has 1 saturated carbocycles. The number of piperidine rings is 1. The fourth-order valence-corrected chi connectivity index (χ4v) is 11.6. The molecule has 10 rings (SSSR count). The van der Waals surface area contributed by atoms with Gasteiger partial charge in [-0.25, -0.2) is 18.1 Å². The lowest BCUT2D eigenvalue weighted by atomic mass is 9.59. The summed E-state index contributed by atoms with van der Waals surface area (Å²) in [5, 5.41) is 16.3. The molecule has 340 valence electrons. The molecule has 6 heterocycles. The molecule has 1 aliphatic carbocycles. The number of pyridine rings is 1. The number of aromatic nitrogens is 2. The molecule has 4 fully saturated rings. The average molecular weight is 903 g/mol. The lowest BCUT2D eigenvalue weighted by Gasteiger charge is -2.56. The number of hydrogen-bond acceptors (Lipinski definition) is 13. The summed E-state index contributed by atoms with van der Waals surface area (Å²) in [6.07, 6.45) is 10.1. The number of rotatable bonds is 12. The van der Waals surface area contributed by atoms with Crippen LogP contribution >= 0.6 is 0 Å². The Morgan fingerprint density at radius 3 is 2.62 bits per heavy atom. The topological polar surface area (TPSA) is 184 Å². The molecule has 3 aromatic carbocycles. The second-order valence-electron chi connectivity index (χ2n) is 18.3. The first-order valence-corrected chi connectivity index (χ1v) is 24.0. The number of ether oxygens (including phenoxy) is 3. The summed E-state index contributed by atoms with van der Waals surface area (Å²) in [5.41, 5.74) is 5.14. The second kappa shape index (κ2) is 17.4. The number of aromatic amines is 1. The molecule has 3 saturated heterocycles. The summed E-state index contributed by atoms with van der Waals surface area (Å²) in [5.74, 6) is -0.452. The number of fused-ring (bicyclic) bond motifs is 2. The normalized spacial score (nSPS) is 21.3. The van der Waals surface area contributed by atoms with Gasteiger partial charge in [0.25, 0.3) is 21.6 Å². The monoisotopic (exact) mass is 902 g/mol. The van der Waals surface area contributed by atoms with Crippen molar-refractivity contribution >= 4 is 49.6 Å². The minimum Gasteiger partial charge on any atom is -0.489 e. The summed E-state index contributed by atoms with van der Waals surface area (Å²) in [6.45, 7) is 12.5. The number of anilines is 2. The number of sulfonamides is 1. The van der Waals surface area contributed by atoms with Gasteiger partial charge < -0.3 is 29.4 Å². The van der Waals surface area contributed by atoms with E-state index in [1.165, 1.54) is 49.1 Å². The minimum atomic E-state index is -4.64. The van der Waals surface area contributed by atoms with Crippen LogP contribution < -0.4 is 24.4 Å². The number of allylic oxidation sites excluding steroid dienone is 1. The van der Waals surface area contributed by atoms with Gasteiger partial charge in [0.1, 0.15) is 23.8 Å². The molecule has 16 nitrogen and oxygen atoms in total. The first-order chi connectivity index (χ1) is 31.4. The number of nitro benzene ring substituents is 1. The molecule has 5 aromatic rings. The Labute approximate surface area is 378 Å². The molecule has 4 aliphatic heterocycles. The maximum Gasteiger partial charge on any atom is 0.297 e. The first-order valence-electron chi connectivity index (χ1n) is 22.5. The number of H-pyrrole nitrogens is 1. The summed E-state index contributed by atoms with van der Waals surface area (Å²) >= 11 is 0. The third kappa shape index (κ3) is 8.65. The highest BCUT2D eigenvalue weighted by Crippen LogP contribution is 2.54. The van der Waals surface area contributed by atoms with Crippen LogP contribution in [0.2, 0.25) is 0 Å². The fourth-order valence-electron chi connectivity index (χ4n) is 10.6. The Morgan fingerprint density at radius 2 is 1.83 bits per heavy atom. The van der Waals surface area contributed by atoms with Gasteiger partial charge in [0.2, 0.25) is 0 Å². The van der Waals surface area contributed by atoms with Crippen LogP contribution in [0.3, 0.4) is 0 Å². The summed E-state index contributed by atoms with van der Waals surface area (Å²) in [4.78, 5) is 40.0. The molecular formula is C48H54N8O8S. The van der Waals surface area contributed by atoms with Crippen LogP contribution in [0.25, 0.3) is 16.6 Å². The van der Waals surface area contributed by atoms with Gasteiger partial charge >= 0.3 is 0 Å². The number of carbonyl (C=O) groups is 1. The third-order valence-electron chi connectivity index (χ3n) is 14.0. The van der Waals surface area contributed by atoms with Gasteiger partial charge in [-0.05, 0) is 92.8 Å². The number of benzene rings is 3. The second-order valence-corrected chi connectivity index (χ2v) is 19.9. The van der Waals surface area contributed by atoms with Gasteiger partial charge in [-0.2, -0.15) is 0 Å². The Kier molecular flexibility index (Phi) is 11.5. The average Bonchev–Trinajstić information content (AvgIpc) is 3.98. The van der Waals surface area contributed by atoms with Gasteiger partial charge in [0.15, 0.2) is 11.4 Å². The van der Waals surface area contributed by atoms with E-state index in [4.69, 9.17) is 14.2 Å². The molecule has 17 heteroatoms. The van der Waals surface area contributed by atoms with E-state index >= 15 is 0 Å². The van der Waals surface area contributed by atoms with Crippen molar-refractivity contribution in [2.45, 2.75) is 68.5 Å². The minimum absolute atomic E-state index is 0.0108. The van der Waals surface area contributed by atoms with E-state index in [2.05, 4.69) is 72.5 Å². The predicted octanol–water partition coefficient (Wildman–Crippen LogP) is 7.51. The molecule has 5 aliphatic rings. The van der Waals surface area contributed by atoms with Crippen molar-refractivity contribution in [2.75, 3.05) is 69.3 Å². The molecule has 1 spiro atoms. The Morgan fingerprint density at radius 1 is 1.03 bits per heavy atom. The number of carbonyl (C=O) groups excluding carboxylic acids is 1. The summed E-state index contributed by atoms with van der Waals surface area (Å²) in [7, 11) is -4.64. The van der Waals surface area contributed by atoms with E-state index in [0.717, 1.165) is 68.3 Å². The number of hydrogen-bond donors (Lipinski definition) is 3. The van der Waals surface area contributed by atoms with E-state index in [1.54, 1.807) is 24.4 Å². The van der Waals surface area contributed by atoms with Crippen LogP contribution in [0.15, 0.2) is 90.6 Å². The highest BCUT2D eigenvalue weighted by atomic mass is 32.2. The smallest absolute Gasteiger partial charge is 0.297 e. The van der Waals surface area contributed by atoms with E-state index in [9.17, 15) is 23.3 Å². The lowest BCUT2D eigenvalue weighted by Crippen LogP contribution is -2.54. The molecule has 1 amide bonds. The van der Waals surface area contributed by atoms with E-state index in [0.29, 0.717) is 43.2 Å². The standard InChI is InChI=1S/C48H54N8O8S/c1-31(2)38-6-3-4-7-39(38)41-8-5-15-55(41)35-26-48(27-35)12-16-54(17-13-48)34-9-10-40(43(23-34)64-36-22-32-11-14-49-46(32)50-28-36)47(57)52-65(60,61)37-24-42(56(58)59)45-44(25-37)63-30-33(51-45)29-53-18-20-62-21-19-53/h3-4,6-7,9-11,14,22-25,28,33,35,41,51H,1,5,8,12-13,15-21,26-27,29-30H2,2H3,(H,49,50)(H,52,57)/t33-,41+/m1/s1. The van der Waals surface area contributed by atoms with Gasteiger partial charge in [-0.15, -0.1) is 0 Å². The summed E-state index contributed by atoms with van der Waals surface area (Å²) < 4.78 is 47.7. The van der Waals surface area contributed by atoms with Gasteiger partial charge in [-0.1, -0.05) is 36.4 Å². The van der Waals surface area contributed by atoms with Crippen LogP contribution in [-0.2, 0) is 14.8 Å². The number of nitrogens with one attached hydrogen (secondary N) is 3. The van der Waals surface area contributed by atoms with E-state index in [1.807, 2.05) is 12.1 Å². The van der Waals surface area contributed by atoms with Gasteiger partial charge in [0.05, 0.1) is 40.8 Å². The van der Waals surface area contributed by atoms with Crippen LogP contribution in [0, 0.1) is 15.5 Å². The van der Waals surface area contributed by atoms with Crippen molar-refractivity contribution in [1.29, 1.82) is 0 Å². The zero-order chi connectivity index (χ0) is 44.9. The largest absolute Gasteiger partial charge is 0.489 e. The number of nitro groups is 1. The molecule has 0 unspecified atom stereocenters. The first kappa shape index (κ1) is 42.9. The molecule has 0 radical (unpaired) electrons. The van der Waals surface area contributed by atoms with Crippen molar-refractivity contribution in [3.05, 3.63) is 113 Å². The number of amides is 1. The molecule has 3 N–H and O–H groups in total. The van der Waals surface area contributed by atoms with Crippen LogP contribution in [0.5, 0.6) is 17.2 Å². The van der Waals surface area contributed by atoms with Crippen molar-refractivity contribution in [3.63, 3.8) is 0 Å². The maximum absolute atomic E-state index is 14.1. The molecular weight excluding hydrogens is 849 g/mol. The van der Waals surface area contributed by atoms with Crippen molar-refractivity contribution in [3.8, 4) is 17.2 Å². The molecule has 2 atom stereocenters. The van der Waals surface area contributed by atoms with Crippen molar-refractivity contribution in [2.24, 2.45) is 5.41 Å². The molecule has 65 heavy (non-hydrogen) atoms. The van der Waals surface area contributed by atoms with Crippen molar-refractivity contribution < 1.29 is 32.3 Å². The van der Waals surface area contributed by atoms with Crippen LogP contribution in [0.1, 0.15) is 73.0 Å². The highest BCUT2D eigenvalue weighted by Gasteiger charge is 2.50. The number of morpholine rings is 1. The molecule has 2 aromatic heterocycles. The zero-order valence-corrected chi connectivity index (χ0v) is 37.3. The Bertz CT molecular complexity index is 2760. The number of likely N-dealkylation sites (tertiary alicyclic amines) is 1. The van der Waals surface area contributed by atoms with Crippen molar-refractivity contribution in [1.82, 2.24) is 24.5 Å². The lowest BCUT2D eigenvalue weighted by molar-refractivity contribution is -0.384.